The van der Waals surface area contributed by atoms with Gasteiger partial charge in [-0.1, -0.05) is 13.8 Å². The van der Waals surface area contributed by atoms with Gasteiger partial charge in [0.15, 0.2) is 0 Å². The van der Waals surface area contributed by atoms with Crippen LogP contribution < -0.4 is 10.6 Å². The molecule has 0 bridgehead atoms. The zero-order valence-electron chi connectivity index (χ0n) is 10.9. The van der Waals surface area contributed by atoms with Gasteiger partial charge in [0.25, 0.3) is 0 Å². The molecule has 0 spiro atoms. The second kappa shape index (κ2) is 6.21. The Balaban J connectivity index is 2.36. The van der Waals surface area contributed by atoms with Crippen molar-refractivity contribution >= 4 is 5.91 Å². The molecule has 1 heterocycles. The lowest BCUT2D eigenvalue weighted by Gasteiger charge is -2.29. The maximum absolute atomic E-state index is 11.9. The van der Waals surface area contributed by atoms with Gasteiger partial charge in [0.1, 0.15) is 0 Å². The fourth-order valence-corrected chi connectivity index (χ4v) is 1.94. The number of nitrogens with zero attached hydrogens (tertiary/aromatic N) is 1. The first-order valence-corrected chi connectivity index (χ1v) is 6.22. The van der Waals surface area contributed by atoms with E-state index in [-0.39, 0.29) is 11.9 Å². The number of hydrogen-bond donors (Lipinski definition) is 2. The minimum Gasteiger partial charge on any atom is -0.354 e. The molecule has 2 unspecified atom stereocenters. The van der Waals surface area contributed by atoms with Crippen LogP contribution in [0.4, 0.5) is 0 Å². The molecule has 0 saturated carbocycles. The molecule has 1 saturated heterocycles. The van der Waals surface area contributed by atoms with E-state index in [1.165, 1.54) is 0 Å². The number of nitrogens with one attached hydrogen (secondary N) is 2. The van der Waals surface area contributed by atoms with E-state index >= 15 is 0 Å². The van der Waals surface area contributed by atoms with Gasteiger partial charge in [-0.25, -0.2) is 0 Å². The van der Waals surface area contributed by atoms with E-state index in [2.05, 4.69) is 29.4 Å². The first-order chi connectivity index (χ1) is 7.52. The number of rotatable bonds is 5. The quantitative estimate of drug-likeness (QED) is 0.716. The Morgan fingerprint density at radius 2 is 2.19 bits per heavy atom. The molecule has 2 N–H and O–H groups in total. The number of likely N-dealkylation sites (N-methyl/N-ethyl adjacent to an activating group) is 1. The Morgan fingerprint density at radius 3 is 2.69 bits per heavy atom. The fraction of sp³-hybridized carbons (Fsp3) is 0.917. The molecule has 4 nitrogen and oxygen atoms in total. The van der Waals surface area contributed by atoms with Gasteiger partial charge in [-0.15, -0.1) is 0 Å². The highest BCUT2D eigenvalue weighted by Crippen LogP contribution is 2.09. The second-order valence-corrected chi connectivity index (χ2v) is 5.13. The van der Waals surface area contributed by atoms with Crippen LogP contribution in [0.1, 0.15) is 27.2 Å². The van der Waals surface area contributed by atoms with Gasteiger partial charge >= 0.3 is 0 Å². The molecule has 16 heavy (non-hydrogen) atoms. The smallest absolute Gasteiger partial charge is 0.237 e. The van der Waals surface area contributed by atoms with Crippen molar-refractivity contribution in [2.45, 2.75) is 39.3 Å². The van der Waals surface area contributed by atoms with E-state index in [1.807, 2.05) is 14.0 Å². The van der Waals surface area contributed by atoms with Crippen LogP contribution in [0.5, 0.6) is 0 Å². The topological polar surface area (TPSA) is 44.4 Å². The molecule has 0 aromatic carbocycles. The van der Waals surface area contributed by atoms with Gasteiger partial charge in [-0.05, 0) is 32.9 Å². The maximum atomic E-state index is 11.9. The van der Waals surface area contributed by atoms with Crippen LogP contribution in [0.25, 0.3) is 0 Å². The van der Waals surface area contributed by atoms with Crippen LogP contribution in [0.3, 0.4) is 0 Å². The minimum absolute atomic E-state index is 0.0383. The molecule has 1 aliphatic rings. The summed E-state index contributed by atoms with van der Waals surface area (Å²) in [5, 5.41) is 6.31. The monoisotopic (exact) mass is 227 g/mol. The summed E-state index contributed by atoms with van der Waals surface area (Å²) in [5.74, 6) is 0.651. The van der Waals surface area contributed by atoms with Crippen LogP contribution in [0.2, 0.25) is 0 Å². The van der Waals surface area contributed by atoms with Gasteiger partial charge < -0.3 is 10.6 Å². The van der Waals surface area contributed by atoms with Crippen molar-refractivity contribution in [3.05, 3.63) is 0 Å². The molecule has 1 rings (SSSR count). The lowest BCUT2D eigenvalue weighted by Crippen LogP contribution is -2.48. The molecule has 0 aromatic heterocycles. The molecule has 0 radical (unpaired) electrons. The summed E-state index contributed by atoms with van der Waals surface area (Å²) < 4.78 is 0. The normalized spacial score (nSPS) is 22.8. The third-order valence-corrected chi connectivity index (χ3v) is 3.29. The lowest BCUT2D eigenvalue weighted by atomic mass is 10.1. The molecule has 0 aliphatic carbocycles. The number of carbonyl (C=O) groups excluding carboxylic acids is 1. The largest absolute Gasteiger partial charge is 0.354 e. The van der Waals surface area contributed by atoms with E-state index in [1.54, 1.807) is 0 Å². The second-order valence-electron chi connectivity index (χ2n) is 5.13. The summed E-state index contributed by atoms with van der Waals surface area (Å²) in [7, 11) is 2.04. The summed E-state index contributed by atoms with van der Waals surface area (Å²) in [4.78, 5) is 14.0. The Morgan fingerprint density at radius 1 is 1.50 bits per heavy atom. The van der Waals surface area contributed by atoms with Crippen molar-refractivity contribution in [1.82, 2.24) is 15.5 Å². The first-order valence-electron chi connectivity index (χ1n) is 6.22. The van der Waals surface area contributed by atoms with Crippen molar-refractivity contribution < 1.29 is 4.79 Å². The summed E-state index contributed by atoms with van der Waals surface area (Å²) in [5.41, 5.74) is 0. The minimum atomic E-state index is -0.0383. The predicted octanol–water partition coefficient (Wildman–Crippen LogP) is 0.441. The average molecular weight is 227 g/mol. The highest BCUT2D eigenvalue weighted by molar-refractivity contribution is 5.81. The predicted molar refractivity (Wildman–Crippen MR) is 66.3 cm³/mol. The van der Waals surface area contributed by atoms with E-state index in [9.17, 15) is 4.79 Å². The Kier molecular flexibility index (Phi) is 5.22. The SMILES string of the molecule is CC(C)CNC(=O)C(C)N(C)C1CCNC1. The van der Waals surface area contributed by atoms with Crippen LogP contribution in [0, 0.1) is 5.92 Å². The zero-order valence-corrected chi connectivity index (χ0v) is 10.9. The number of amides is 1. The van der Waals surface area contributed by atoms with Gasteiger partial charge in [0, 0.05) is 19.1 Å². The molecule has 1 amide bonds. The molecular weight excluding hydrogens is 202 g/mol. The van der Waals surface area contributed by atoms with Gasteiger partial charge in [-0.3, -0.25) is 9.69 Å². The van der Waals surface area contributed by atoms with Gasteiger partial charge in [-0.2, -0.15) is 0 Å². The van der Waals surface area contributed by atoms with Crippen LogP contribution in [0.15, 0.2) is 0 Å². The molecule has 1 aliphatic heterocycles. The van der Waals surface area contributed by atoms with Crippen LogP contribution >= 0.6 is 0 Å². The van der Waals surface area contributed by atoms with Gasteiger partial charge in [0.05, 0.1) is 6.04 Å². The summed E-state index contributed by atoms with van der Waals surface area (Å²) in [6, 6.07) is 0.462. The lowest BCUT2D eigenvalue weighted by molar-refractivity contribution is -0.126. The molecular formula is C12H25N3O. The van der Waals surface area contributed by atoms with E-state index in [0.717, 1.165) is 26.1 Å². The molecule has 1 fully saturated rings. The Labute approximate surface area is 98.8 Å². The average Bonchev–Trinajstić information content (AvgIpc) is 2.77. The van der Waals surface area contributed by atoms with E-state index in [0.29, 0.717) is 12.0 Å². The van der Waals surface area contributed by atoms with Crippen molar-refractivity contribution in [2.24, 2.45) is 5.92 Å². The fourth-order valence-electron chi connectivity index (χ4n) is 1.94. The Bertz CT molecular complexity index is 224. The van der Waals surface area contributed by atoms with E-state index < -0.39 is 0 Å². The summed E-state index contributed by atoms with van der Waals surface area (Å²) >= 11 is 0. The number of carbonyl (C=O) groups is 1. The summed E-state index contributed by atoms with van der Waals surface area (Å²) in [6.45, 7) is 9.02. The van der Waals surface area contributed by atoms with Crippen molar-refractivity contribution in [3.8, 4) is 0 Å². The third kappa shape index (κ3) is 3.76. The molecule has 0 aromatic rings. The van der Waals surface area contributed by atoms with Crippen LogP contribution in [-0.2, 0) is 4.79 Å². The molecule has 94 valence electrons. The first kappa shape index (κ1) is 13.5. The van der Waals surface area contributed by atoms with Crippen molar-refractivity contribution in [2.75, 3.05) is 26.7 Å². The van der Waals surface area contributed by atoms with Gasteiger partial charge in [0.2, 0.25) is 5.91 Å². The highest BCUT2D eigenvalue weighted by Gasteiger charge is 2.26. The van der Waals surface area contributed by atoms with Crippen molar-refractivity contribution in [1.29, 1.82) is 0 Å². The van der Waals surface area contributed by atoms with E-state index in [4.69, 9.17) is 0 Å². The summed E-state index contributed by atoms with van der Waals surface area (Å²) in [6.07, 6.45) is 1.14. The third-order valence-electron chi connectivity index (χ3n) is 3.29. The molecule has 4 heteroatoms. The van der Waals surface area contributed by atoms with Crippen LogP contribution in [-0.4, -0.2) is 49.6 Å². The van der Waals surface area contributed by atoms with Crippen molar-refractivity contribution in [3.63, 3.8) is 0 Å². The Hall–Kier alpha value is -0.610. The number of hydrogen-bond acceptors (Lipinski definition) is 3. The maximum Gasteiger partial charge on any atom is 0.237 e. The standard InChI is InChI=1S/C12H25N3O/c1-9(2)7-14-12(16)10(3)15(4)11-5-6-13-8-11/h9-11,13H,5-8H2,1-4H3,(H,14,16). The highest BCUT2D eigenvalue weighted by atomic mass is 16.2. The molecule has 2 atom stereocenters. The zero-order chi connectivity index (χ0) is 12.1.